The van der Waals surface area contributed by atoms with Gasteiger partial charge in [-0.2, -0.15) is 0 Å². The second-order valence-electron chi connectivity index (χ2n) is 6.48. The molecule has 2 heterocycles. The predicted octanol–water partition coefficient (Wildman–Crippen LogP) is 0.418. The maximum atomic E-state index is 12.2. The SMILES string of the molecule is CC[C@H]1O[C@@H](n2cc(C)c(=O)[nH]c2=O)C(OCCCCCCN)[C@H]1O. The number of aromatic amines is 1. The molecule has 1 unspecified atom stereocenters. The average Bonchev–Trinajstić information content (AvgIpc) is 2.90. The second-order valence-corrected chi connectivity index (χ2v) is 6.48. The second kappa shape index (κ2) is 9.28. The van der Waals surface area contributed by atoms with Crippen LogP contribution in [-0.4, -0.2) is 46.1 Å². The number of ether oxygens (including phenoxy) is 2. The topological polar surface area (TPSA) is 120 Å². The van der Waals surface area contributed by atoms with E-state index >= 15 is 0 Å². The Morgan fingerprint density at radius 3 is 2.72 bits per heavy atom. The number of rotatable bonds is 9. The Morgan fingerprint density at radius 1 is 1.32 bits per heavy atom. The molecule has 0 spiro atoms. The maximum Gasteiger partial charge on any atom is 0.330 e. The number of hydrogen-bond donors (Lipinski definition) is 3. The van der Waals surface area contributed by atoms with E-state index in [4.69, 9.17) is 15.2 Å². The molecule has 8 nitrogen and oxygen atoms in total. The fourth-order valence-corrected chi connectivity index (χ4v) is 3.05. The highest BCUT2D eigenvalue weighted by molar-refractivity contribution is 5.03. The van der Waals surface area contributed by atoms with Crippen LogP contribution >= 0.6 is 0 Å². The van der Waals surface area contributed by atoms with Gasteiger partial charge in [-0.25, -0.2) is 4.79 Å². The van der Waals surface area contributed by atoms with Gasteiger partial charge in [0.1, 0.15) is 12.2 Å². The molecule has 8 heteroatoms. The van der Waals surface area contributed by atoms with Crippen molar-refractivity contribution < 1.29 is 14.6 Å². The summed E-state index contributed by atoms with van der Waals surface area (Å²) in [6.07, 6.45) is 3.30. The molecule has 1 saturated heterocycles. The van der Waals surface area contributed by atoms with Gasteiger partial charge >= 0.3 is 5.69 Å². The zero-order chi connectivity index (χ0) is 18.4. The summed E-state index contributed by atoms with van der Waals surface area (Å²) in [5.74, 6) is 0. The molecule has 0 radical (unpaired) electrons. The van der Waals surface area contributed by atoms with Crippen LogP contribution in [0.2, 0.25) is 0 Å². The van der Waals surface area contributed by atoms with Crippen molar-refractivity contribution in [3.05, 3.63) is 32.6 Å². The van der Waals surface area contributed by atoms with E-state index in [0.29, 0.717) is 25.1 Å². The lowest BCUT2D eigenvalue weighted by Gasteiger charge is -2.22. The van der Waals surface area contributed by atoms with E-state index < -0.39 is 35.8 Å². The quantitative estimate of drug-likeness (QED) is 0.552. The Labute approximate surface area is 147 Å². The molecule has 142 valence electrons. The lowest BCUT2D eigenvalue weighted by molar-refractivity contribution is -0.0715. The zero-order valence-electron chi connectivity index (χ0n) is 14.9. The fraction of sp³-hybridized carbons (Fsp3) is 0.765. The molecule has 0 saturated carbocycles. The van der Waals surface area contributed by atoms with Gasteiger partial charge in [-0.05, 0) is 32.7 Å². The minimum atomic E-state index is -0.821. The highest BCUT2D eigenvalue weighted by atomic mass is 16.6. The molecule has 1 aliphatic heterocycles. The number of hydrogen-bond acceptors (Lipinski definition) is 6. The largest absolute Gasteiger partial charge is 0.388 e. The average molecular weight is 355 g/mol. The van der Waals surface area contributed by atoms with Gasteiger partial charge in [0.05, 0.1) is 6.10 Å². The van der Waals surface area contributed by atoms with Crippen molar-refractivity contribution in [1.29, 1.82) is 0 Å². The number of aliphatic hydroxyl groups excluding tert-OH is 1. The Hall–Kier alpha value is -1.48. The van der Waals surface area contributed by atoms with Crippen LogP contribution in [0.5, 0.6) is 0 Å². The van der Waals surface area contributed by atoms with Crippen molar-refractivity contribution in [2.75, 3.05) is 13.2 Å². The highest BCUT2D eigenvalue weighted by Gasteiger charge is 2.45. The van der Waals surface area contributed by atoms with Crippen molar-refractivity contribution in [2.24, 2.45) is 5.73 Å². The van der Waals surface area contributed by atoms with Crippen molar-refractivity contribution in [1.82, 2.24) is 9.55 Å². The standard InChI is InChI=1S/C17H29N3O5/c1-3-12-13(21)14(24-9-7-5-4-6-8-18)16(25-12)20-10-11(2)15(22)19-17(20)23/h10,12-14,16,21H,3-9,18H2,1-2H3,(H,19,22,23)/t12-,13+,14?,16-/m1/s1. The summed E-state index contributed by atoms with van der Waals surface area (Å²) in [7, 11) is 0. The minimum absolute atomic E-state index is 0.401. The molecule has 0 aromatic carbocycles. The molecule has 1 aromatic heterocycles. The normalized spacial score (nSPS) is 26.2. The molecular weight excluding hydrogens is 326 g/mol. The van der Waals surface area contributed by atoms with Crippen LogP contribution in [0.3, 0.4) is 0 Å². The van der Waals surface area contributed by atoms with Gasteiger partial charge < -0.3 is 20.3 Å². The highest BCUT2D eigenvalue weighted by Crippen LogP contribution is 2.32. The van der Waals surface area contributed by atoms with Gasteiger partial charge in [-0.3, -0.25) is 14.3 Å². The van der Waals surface area contributed by atoms with Gasteiger partial charge in [0.25, 0.3) is 5.56 Å². The van der Waals surface area contributed by atoms with Crippen LogP contribution in [0.1, 0.15) is 50.8 Å². The third-order valence-corrected chi connectivity index (χ3v) is 4.54. The van der Waals surface area contributed by atoms with E-state index in [0.717, 1.165) is 25.7 Å². The van der Waals surface area contributed by atoms with Crippen LogP contribution in [0.4, 0.5) is 0 Å². The van der Waals surface area contributed by atoms with E-state index in [1.165, 1.54) is 10.8 Å². The Bertz CT molecular complexity index is 656. The number of aromatic nitrogens is 2. The molecule has 0 aliphatic carbocycles. The fourth-order valence-electron chi connectivity index (χ4n) is 3.05. The zero-order valence-corrected chi connectivity index (χ0v) is 14.9. The number of aliphatic hydroxyl groups is 1. The van der Waals surface area contributed by atoms with Crippen LogP contribution in [0, 0.1) is 6.92 Å². The molecule has 0 amide bonds. The monoisotopic (exact) mass is 355 g/mol. The van der Waals surface area contributed by atoms with Crippen molar-refractivity contribution in [2.45, 2.75) is 70.5 Å². The molecule has 0 bridgehead atoms. The molecule has 1 aliphatic rings. The first-order valence-electron chi connectivity index (χ1n) is 8.96. The number of nitrogens with zero attached hydrogens (tertiary/aromatic N) is 1. The van der Waals surface area contributed by atoms with Crippen LogP contribution in [0.25, 0.3) is 0 Å². The van der Waals surface area contributed by atoms with E-state index in [1.807, 2.05) is 6.92 Å². The lowest BCUT2D eigenvalue weighted by Crippen LogP contribution is -2.39. The Balaban J connectivity index is 2.10. The number of nitrogens with two attached hydrogens (primary N) is 1. The smallest absolute Gasteiger partial charge is 0.330 e. The van der Waals surface area contributed by atoms with Gasteiger partial charge in [0.2, 0.25) is 0 Å². The minimum Gasteiger partial charge on any atom is -0.388 e. The summed E-state index contributed by atoms with van der Waals surface area (Å²) in [5, 5.41) is 10.5. The van der Waals surface area contributed by atoms with Crippen LogP contribution < -0.4 is 17.0 Å². The number of H-pyrrole nitrogens is 1. The number of aryl methyl sites for hydroxylation is 1. The molecule has 4 atom stereocenters. The van der Waals surface area contributed by atoms with Crippen LogP contribution in [0.15, 0.2) is 15.8 Å². The number of nitrogens with one attached hydrogen (secondary N) is 1. The first kappa shape index (κ1) is 19.8. The summed E-state index contributed by atoms with van der Waals surface area (Å²) in [6, 6.07) is 0. The Kier molecular flexibility index (Phi) is 7.37. The lowest BCUT2D eigenvalue weighted by atomic mass is 10.1. The van der Waals surface area contributed by atoms with Crippen molar-refractivity contribution in [3.63, 3.8) is 0 Å². The first-order valence-corrected chi connectivity index (χ1v) is 8.96. The Morgan fingerprint density at radius 2 is 2.04 bits per heavy atom. The third-order valence-electron chi connectivity index (χ3n) is 4.54. The van der Waals surface area contributed by atoms with E-state index in [-0.39, 0.29) is 0 Å². The summed E-state index contributed by atoms with van der Waals surface area (Å²) >= 11 is 0. The van der Waals surface area contributed by atoms with Gasteiger partial charge in [-0.15, -0.1) is 0 Å². The molecule has 1 aromatic rings. The molecule has 25 heavy (non-hydrogen) atoms. The van der Waals surface area contributed by atoms with Crippen molar-refractivity contribution in [3.8, 4) is 0 Å². The number of unbranched alkanes of at least 4 members (excludes halogenated alkanes) is 3. The van der Waals surface area contributed by atoms with E-state index in [9.17, 15) is 14.7 Å². The predicted molar refractivity (Wildman–Crippen MR) is 93.5 cm³/mol. The molecule has 1 fully saturated rings. The molecule has 2 rings (SSSR count). The van der Waals surface area contributed by atoms with Crippen molar-refractivity contribution >= 4 is 0 Å². The summed E-state index contributed by atoms with van der Waals surface area (Å²) in [6.45, 7) is 4.68. The summed E-state index contributed by atoms with van der Waals surface area (Å²) in [5.41, 5.74) is 4.88. The summed E-state index contributed by atoms with van der Waals surface area (Å²) < 4.78 is 13.0. The van der Waals surface area contributed by atoms with Gasteiger partial charge in [-0.1, -0.05) is 19.8 Å². The molecule has 4 N–H and O–H groups in total. The van der Waals surface area contributed by atoms with E-state index in [2.05, 4.69) is 4.98 Å². The molecular formula is C17H29N3O5. The summed E-state index contributed by atoms with van der Waals surface area (Å²) in [4.78, 5) is 26.0. The third kappa shape index (κ3) is 4.78. The first-order chi connectivity index (χ1) is 12.0. The van der Waals surface area contributed by atoms with E-state index in [1.54, 1.807) is 6.92 Å². The van der Waals surface area contributed by atoms with Crippen LogP contribution in [-0.2, 0) is 9.47 Å². The maximum absolute atomic E-state index is 12.2. The van der Waals surface area contributed by atoms with Gasteiger partial charge in [0, 0.05) is 18.4 Å². The van der Waals surface area contributed by atoms with Gasteiger partial charge in [0.15, 0.2) is 6.23 Å².